The van der Waals surface area contributed by atoms with Gasteiger partial charge in [-0.3, -0.25) is 9.59 Å². The monoisotopic (exact) mass is 227 g/mol. The first kappa shape index (κ1) is 13.0. The molecule has 1 fully saturated rings. The van der Waals surface area contributed by atoms with Crippen LogP contribution in [-0.2, 0) is 14.3 Å². The topological polar surface area (TPSA) is 55.4 Å². The Morgan fingerprint density at radius 1 is 1.62 bits per heavy atom. The highest BCUT2D eigenvalue weighted by Gasteiger charge is 2.38. The molecule has 1 aliphatic rings. The summed E-state index contributed by atoms with van der Waals surface area (Å²) in [7, 11) is 0. The molecule has 1 aliphatic heterocycles. The van der Waals surface area contributed by atoms with Crippen molar-refractivity contribution in [2.24, 2.45) is 11.8 Å². The van der Waals surface area contributed by atoms with E-state index in [1.807, 2.05) is 27.7 Å². The lowest BCUT2D eigenvalue weighted by Gasteiger charge is -2.31. The number of rotatable bonds is 4. The zero-order valence-corrected chi connectivity index (χ0v) is 10.5. The van der Waals surface area contributed by atoms with Crippen molar-refractivity contribution < 1.29 is 14.3 Å². The molecule has 4 heteroatoms. The van der Waals surface area contributed by atoms with Crippen LogP contribution >= 0.6 is 0 Å². The SMILES string of the molecule is CCC(C)C(=O)OC(C)(C)C1CNC(=O)C1. The molecule has 4 nitrogen and oxygen atoms in total. The highest BCUT2D eigenvalue weighted by molar-refractivity contribution is 5.78. The Bertz CT molecular complexity index is 286. The lowest BCUT2D eigenvalue weighted by atomic mass is 9.89. The van der Waals surface area contributed by atoms with Crippen LogP contribution in [-0.4, -0.2) is 24.0 Å². The molecule has 1 N–H and O–H groups in total. The molecule has 0 saturated carbocycles. The Hall–Kier alpha value is -1.06. The number of hydrogen-bond donors (Lipinski definition) is 1. The van der Waals surface area contributed by atoms with Crippen molar-refractivity contribution in [3.05, 3.63) is 0 Å². The molecule has 2 unspecified atom stereocenters. The number of amides is 1. The molecule has 0 bridgehead atoms. The molecule has 0 aromatic rings. The van der Waals surface area contributed by atoms with Crippen molar-refractivity contribution in [2.45, 2.75) is 46.1 Å². The lowest BCUT2D eigenvalue weighted by molar-refractivity contribution is -0.166. The minimum Gasteiger partial charge on any atom is -0.459 e. The quantitative estimate of drug-likeness (QED) is 0.740. The molecule has 0 aromatic heterocycles. The van der Waals surface area contributed by atoms with E-state index in [9.17, 15) is 9.59 Å². The van der Waals surface area contributed by atoms with Crippen LogP contribution in [0.1, 0.15) is 40.5 Å². The smallest absolute Gasteiger partial charge is 0.309 e. The number of hydrogen-bond acceptors (Lipinski definition) is 3. The van der Waals surface area contributed by atoms with E-state index in [1.165, 1.54) is 0 Å². The van der Waals surface area contributed by atoms with Crippen LogP contribution in [0, 0.1) is 11.8 Å². The minimum atomic E-state index is -0.570. The summed E-state index contributed by atoms with van der Waals surface area (Å²) in [6.45, 7) is 8.16. The second-order valence-corrected chi connectivity index (χ2v) is 5.04. The predicted molar refractivity (Wildman–Crippen MR) is 60.7 cm³/mol. The first-order chi connectivity index (χ1) is 7.36. The number of carbonyl (C=O) groups is 2. The fourth-order valence-electron chi connectivity index (χ4n) is 1.71. The third-order valence-corrected chi connectivity index (χ3v) is 3.34. The van der Waals surface area contributed by atoms with Crippen molar-refractivity contribution >= 4 is 11.9 Å². The van der Waals surface area contributed by atoms with Gasteiger partial charge < -0.3 is 10.1 Å². The Labute approximate surface area is 96.7 Å². The van der Waals surface area contributed by atoms with Crippen molar-refractivity contribution in [1.29, 1.82) is 0 Å². The highest BCUT2D eigenvalue weighted by Crippen LogP contribution is 2.28. The summed E-state index contributed by atoms with van der Waals surface area (Å²) >= 11 is 0. The fourth-order valence-corrected chi connectivity index (χ4v) is 1.71. The number of nitrogens with one attached hydrogen (secondary N) is 1. The maximum Gasteiger partial charge on any atom is 0.309 e. The van der Waals surface area contributed by atoms with E-state index in [1.54, 1.807) is 0 Å². The van der Waals surface area contributed by atoms with Gasteiger partial charge in [-0.05, 0) is 20.3 Å². The molecular formula is C12H21NO3. The lowest BCUT2D eigenvalue weighted by Crippen LogP contribution is -2.39. The summed E-state index contributed by atoms with van der Waals surface area (Å²) in [5, 5.41) is 2.76. The molecule has 0 spiro atoms. The van der Waals surface area contributed by atoms with E-state index in [4.69, 9.17) is 4.74 Å². The average molecular weight is 227 g/mol. The molecule has 1 saturated heterocycles. The summed E-state index contributed by atoms with van der Waals surface area (Å²) in [5.41, 5.74) is -0.570. The molecule has 2 atom stereocenters. The molecule has 1 amide bonds. The molecular weight excluding hydrogens is 206 g/mol. The number of ether oxygens (including phenoxy) is 1. The van der Waals surface area contributed by atoms with E-state index in [-0.39, 0.29) is 23.7 Å². The molecule has 16 heavy (non-hydrogen) atoms. The Balaban J connectivity index is 2.57. The van der Waals surface area contributed by atoms with Gasteiger partial charge in [-0.15, -0.1) is 0 Å². The second kappa shape index (κ2) is 4.85. The molecule has 92 valence electrons. The van der Waals surface area contributed by atoms with E-state index >= 15 is 0 Å². The van der Waals surface area contributed by atoms with Crippen LogP contribution in [0.25, 0.3) is 0 Å². The summed E-state index contributed by atoms with van der Waals surface area (Å²) in [5.74, 6) is -0.137. The molecule has 0 radical (unpaired) electrons. The number of esters is 1. The average Bonchev–Trinajstić information content (AvgIpc) is 2.63. The van der Waals surface area contributed by atoms with Gasteiger partial charge in [-0.25, -0.2) is 0 Å². The van der Waals surface area contributed by atoms with Crippen LogP contribution in [0.15, 0.2) is 0 Å². The molecule has 0 aliphatic carbocycles. The van der Waals surface area contributed by atoms with Gasteiger partial charge in [-0.1, -0.05) is 13.8 Å². The molecule has 1 rings (SSSR count). The fraction of sp³-hybridized carbons (Fsp3) is 0.833. The maximum absolute atomic E-state index is 11.7. The van der Waals surface area contributed by atoms with E-state index in [0.29, 0.717) is 13.0 Å². The first-order valence-electron chi connectivity index (χ1n) is 5.86. The molecule has 0 aromatic carbocycles. The van der Waals surface area contributed by atoms with E-state index < -0.39 is 5.60 Å². The van der Waals surface area contributed by atoms with Gasteiger partial charge in [0.1, 0.15) is 5.60 Å². The van der Waals surface area contributed by atoms with Crippen LogP contribution in [0.4, 0.5) is 0 Å². The second-order valence-electron chi connectivity index (χ2n) is 5.04. The third kappa shape index (κ3) is 2.97. The standard InChI is InChI=1S/C12H21NO3/c1-5-8(2)11(15)16-12(3,4)9-6-10(14)13-7-9/h8-9H,5-7H2,1-4H3,(H,13,14). The van der Waals surface area contributed by atoms with Gasteiger partial charge >= 0.3 is 5.97 Å². The van der Waals surface area contributed by atoms with Crippen LogP contribution in [0.2, 0.25) is 0 Å². The van der Waals surface area contributed by atoms with Crippen molar-refractivity contribution in [3.8, 4) is 0 Å². The van der Waals surface area contributed by atoms with Gasteiger partial charge in [0.15, 0.2) is 0 Å². The maximum atomic E-state index is 11.7. The van der Waals surface area contributed by atoms with Crippen LogP contribution < -0.4 is 5.32 Å². The first-order valence-corrected chi connectivity index (χ1v) is 5.86. The summed E-state index contributed by atoms with van der Waals surface area (Å²) < 4.78 is 5.49. The highest BCUT2D eigenvalue weighted by atomic mass is 16.6. The normalized spacial score (nSPS) is 22.8. The Kier molecular flexibility index (Phi) is 3.94. The molecule has 1 heterocycles. The van der Waals surface area contributed by atoms with Gasteiger partial charge in [-0.2, -0.15) is 0 Å². The summed E-state index contributed by atoms with van der Waals surface area (Å²) in [4.78, 5) is 22.8. The summed E-state index contributed by atoms with van der Waals surface area (Å²) in [6.07, 6.45) is 1.22. The van der Waals surface area contributed by atoms with Crippen LogP contribution in [0.3, 0.4) is 0 Å². The largest absolute Gasteiger partial charge is 0.459 e. The van der Waals surface area contributed by atoms with Crippen molar-refractivity contribution in [1.82, 2.24) is 5.32 Å². The van der Waals surface area contributed by atoms with E-state index in [2.05, 4.69) is 5.32 Å². The third-order valence-electron chi connectivity index (χ3n) is 3.34. The van der Waals surface area contributed by atoms with E-state index in [0.717, 1.165) is 6.42 Å². The van der Waals surface area contributed by atoms with Crippen molar-refractivity contribution in [3.63, 3.8) is 0 Å². The van der Waals surface area contributed by atoms with Crippen molar-refractivity contribution in [2.75, 3.05) is 6.54 Å². The van der Waals surface area contributed by atoms with Gasteiger partial charge in [0.2, 0.25) is 5.91 Å². The van der Waals surface area contributed by atoms with Gasteiger partial charge in [0.25, 0.3) is 0 Å². The van der Waals surface area contributed by atoms with Crippen LogP contribution in [0.5, 0.6) is 0 Å². The predicted octanol–water partition coefficient (Wildman–Crippen LogP) is 1.49. The van der Waals surface area contributed by atoms with Gasteiger partial charge in [0, 0.05) is 18.9 Å². The Morgan fingerprint density at radius 3 is 2.69 bits per heavy atom. The summed E-state index contributed by atoms with van der Waals surface area (Å²) in [6, 6.07) is 0. The zero-order valence-electron chi connectivity index (χ0n) is 10.5. The zero-order chi connectivity index (χ0) is 12.3. The Morgan fingerprint density at radius 2 is 2.25 bits per heavy atom. The number of carbonyl (C=O) groups excluding carboxylic acids is 2. The minimum absolute atomic E-state index is 0.0395. The van der Waals surface area contributed by atoms with Gasteiger partial charge in [0.05, 0.1) is 5.92 Å².